The van der Waals surface area contributed by atoms with Crippen molar-refractivity contribution < 1.29 is 22.7 Å². The maximum atomic E-state index is 12.3. The fraction of sp³-hybridized carbons (Fsp3) is 0.611. The minimum atomic E-state index is -2.98. The van der Waals surface area contributed by atoms with Gasteiger partial charge in [-0.2, -0.15) is 0 Å². The van der Waals surface area contributed by atoms with Crippen LogP contribution in [0.4, 0.5) is 4.79 Å². The maximum absolute atomic E-state index is 12.3. The Bertz CT molecular complexity index is 730. The monoisotopic (exact) mass is 397 g/mol. The second kappa shape index (κ2) is 8.79. The Hall–Kier alpha value is -2.00. The second-order valence-corrected chi connectivity index (χ2v) is 9.13. The average molecular weight is 397 g/mol. The summed E-state index contributed by atoms with van der Waals surface area (Å²) in [7, 11) is -1.35. The Kier molecular flexibility index (Phi) is 6.43. The first-order valence-electron chi connectivity index (χ1n) is 9.20. The van der Waals surface area contributed by atoms with Gasteiger partial charge in [-0.25, -0.2) is 13.2 Å². The van der Waals surface area contributed by atoms with Crippen LogP contribution in [0.25, 0.3) is 0 Å². The quantitative estimate of drug-likeness (QED) is 0.756. The number of piperazine rings is 1. The van der Waals surface area contributed by atoms with E-state index in [9.17, 15) is 13.2 Å². The molecule has 2 aliphatic rings. The van der Waals surface area contributed by atoms with Crippen LogP contribution in [0.1, 0.15) is 6.42 Å². The summed E-state index contributed by atoms with van der Waals surface area (Å²) < 4.78 is 33.8. The first kappa shape index (κ1) is 19.8. The van der Waals surface area contributed by atoms with E-state index in [1.165, 1.54) is 0 Å². The largest absolute Gasteiger partial charge is 0.497 e. The van der Waals surface area contributed by atoms with E-state index in [1.54, 1.807) is 12.0 Å². The summed E-state index contributed by atoms with van der Waals surface area (Å²) in [6, 6.07) is 7.07. The highest BCUT2D eigenvalue weighted by atomic mass is 32.2. The molecular weight excluding hydrogens is 370 g/mol. The van der Waals surface area contributed by atoms with Gasteiger partial charge in [0.05, 0.1) is 18.6 Å². The number of nitrogens with one attached hydrogen (secondary N) is 1. The van der Waals surface area contributed by atoms with Crippen LogP contribution in [0.3, 0.4) is 0 Å². The van der Waals surface area contributed by atoms with E-state index in [4.69, 9.17) is 9.47 Å². The number of nitrogens with zero attached hydrogens (tertiary/aromatic N) is 2. The highest BCUT2D eigenvalue weighted by Gasteiger charge is 2.30. The molecule has 2 heterocycles. The molecule has 1 aromatic carbocycles. The number of rotatable bonds is 6. The molecule has 2 amide bonds. The summed E-state index contributed by atoms with van der Waals surface area (Å²) in [5.74, 6) is 1.83. The highest BCUT2D eigenvalue weighted by molar-refractivity contribution is 7.91. The third kappa shape index (κ3) is 5.74. The average Bonchev–Trinajstić information content (AvgIpc) is 3.01. The van der Waals surface area contributed by atoms with E-state index >= 15 is 0 Å². The third-order valence-electron chi connectivity index (χ3n) is 4.96. The van der Waals surface area contributed by atoms with E-state index in [-0.39, 0.29) is 23.6 Å². The number of carbonyl (C=O) groups excluding carboxylic acids is 1. The zero-order chi connectivity index (χ0) is 19.3. The van der Waals surface area contributed by atoms with Crippen molar-refractivity contribution in [3.05, 3.63) is 24.3 Å². The molecular formula is C18H27N3O5S. The van der Waals surface area contributed by atoms with Gasteiger partial charge in [0.1, 0.15) is 18.1 Å². The van der Waals surface area contributed by atoms with Gasteiger partial charge in [0.2, 0.25) is 0 Å². The number of hydrogen-bond acceptors (Lipinski definition) is 6. The molecule has 9 heteroatoms. The van der Waals surface area contributed by atoms with Crippen LogP contribution in [0, 0.1) is 0 Å². The lowest BCUT2D eigenvalue weighted by molar-refractivity contribution is 0.125. The molecule has 1 unspecified atom stereocenters. The van der Waals surface area contributed by atoms with Gasteiger partial charge in [-0.1, -0.05) is 0 Å². The van der Waals surface area contributed by atoms with Gasteiger partial charge >= 0.3 is 6.03 Å². The predicted octanol–water partition coefficient (Wildman–Crippen LogP) is 0.588. The molecule has 2 aliphatic heterocycles. The fourth-order valence-corrected chi connectivity index (χ4v) is 4.99. The molecule has 150 valence electrons. The third-order valence-corrected chi connectivity index (χ3v) is 6.72. The number of ether oxygens (including phenoxy) is 2. The van der Waals surface area contributed by atoms with Crippen molar-refractivity contribution in [1.82, 2.24) is 15.1 Å². The first-order valence-corrected chi connectivity index (χ1v) is 11.0. The van der Waals surface area contributed by atoms with Crippen molar-refractivity contribution in [2.75, 3.05) is 57.9 Å². The van der Waals surface area contributed by atoms with Gasteiger partial charge in [0.15, 0.2) is 9.84 Å². The Balaban J connectivity index is 1.34. The molecule has 0 radical (unpaired) electrons. The minimum absolute atomic E-state index is 0.0569. The summed E-state index contributed by atoms with van der Waals surface area (Å²) >= 11 is 0. The zero-order valence-corrected chi connectivity index (χ0v) is 16.4. The normalized spacial score (nSPS) is 22.4. The molecule has 3 rings (SSSR count). The maximum Gasteiger partial charge on any atom is 0.317 e. The van der Waals surface area contributed by atoms with Crippen molar-refractivity contribution >= 4 is 15.9 Å². The smallest absolute Gasteiger partial charge is 0.317 e. The lowest BCUT2D eigenvalue weighted by atomic mass is 10.2. The van der Waals surface area contributed by atoms with Gasteiger partial charge in [0, 0.05) is 38.8 Å². The molecule has 2 fully saturated rings. The Labute approximate surface area is 160 Å². The lowest BCUT2D eigenvalue weighted by Gasteiger charge is -2.35. The molecule has 1 N–H and O–H groups in total. The topological polar surface area (TPSA) is 88.2 Å². The van der Waals surface area contributed by atoms with E-state index in [0.717, 1.165) is 31.1 Å². The highest BCUT2D eigenvalue weighted by Crippen LogP contribution is 2.17. The van der Waals surface area contributed by atoms with Crippen molar-refractivity contribution in [3.8, 4) is 11.5 Å². The number of amides is 2. The van der Waals surface area contributed by atoms with Gasteiger partial charge < -0.3 is 19.7 Å². The molecule has 0 spiro atoms. The van der Waals surface area contributed by atoms with Crippen LogP contribution in [-0.2, 0) is 9.84 Å². The summed E-state index contributed by atoms with van der Waals surface area (Å²) in [5, 5.41) is 2.85. The summed E-state index contributed by atoms with van der Waals surface area (Å²) in [6.07, 6.45) is 0.511. The summed E-state index contributed by atoms with van der Waals surface area (Å²) in [5.41, 5.74) is 0. The molecule has 1 aromatic rings. The van der Waals surface area contributed by atoms with Gasteiger partial charge in [-0.05, 0) is 30.7 Å². The molecule has 0 aliphatic carbocycles. The summed E-state index contributed by atoms with van der Waals surface area (Å²) in [4.78, 5) is 16.3. The Morgan fingerprint density at radius 1 is 1.15 bits per heavy atom. The number of sulfone groups is 1. The number of carbonyl (C=O) groups is 1. The SMILES string of the molecule is COc1ccc(OCCN2CCN(C(=O)NC3CCS(=O)(=O)C3)CC2)cc1. The fourth-order valence-electron chi connectivity index (χ4n) is 3.31. The van der Waals surface area contributed by atoms with Crippen molar-refractivity contribution in [3.63, 3.8) is 0 Å². The summed E-state index contributed by atoms with van der Waals surface area (Å²) in [6.45, 7) is 4.20. The Morgan fingerprint density at radius 2 is 1.81 bits per heavy atom. The predicted molar refractivity (Wildman–Crippen MR) is 102 cm³/mol. The van der Waals surface area contributed by atoms with Gasteiger partial charge in [-0.15, -0.1) is 0 Å². The van der Waals surface area contributed by atoms with Crippen LogP contribution in [0.5, 0.6) is 11.5 Å². The lowest BCUT2D eigenvalue weighted by Crippen LogP contribution is -2.54. The molecule has 8 nitrogen and oxygen atoms in total. The Morgan fingerprint density at radius 3 is 2.41 bits per heavy atom. The van der Waals surface area contributed by atoms with E-state index in [1.807, 2.05) is 24.3 Å². The van der Waals surface area contributed by atoms with E-state index in [0.29, 0.717) is 26.1 Å². The number of benzene rings is 1. The molecule has 0 saturated carbocycles. The first-order chi connectivity index (χ1) is 12.9. The van der Waals surface area contributed by atoms with E-state index in [2.05, 4.69) is 10.2 Å². The molecule has 2 saturated heterocycles. The number of methoxy groups -OCH3 is 1. The number of urea groups is 1. The zero-order valence-electron chi connectivity index (χ0n) is 15.6. The van der Waals surface area contributed by atoms with Crippen LogP contribution in [-0.4, -0.2) is 88.2 Å². The van der Waals surface area contributed by atoms with Crippen LogP contribution in [0.2, 0.25) is 0 Å². The molecule has 27 heavy (non-hydrogen) atoms. The van der Waals surface area contributed by atoms with E-state index < -0.39 is 9.84 Å². The van der Waals surface area contributed by atoms with Crippen molar-refractivity contribution in [2.24, 2.45) is 0 Å². The van der Waals surface area contributed by atoms with Gasteiger partial charge in [-0.3, -0.25) is 4.90 Å². The number of hydrogen-bond donors (Lipinski definition) is 1. The molecule has 0 bridgehead atoms. The molecule has 0 aromatic heterocycles. The van der Waals surface area contributed by atoms with Crippen LogP contribution >= 0.6 is 0 Å². The standard InChI is InChI=1S/C18H27N3O5S/c1-25-16-2-4-17(5-3-16)26-12-11-20-7-9-21(10-8-20)18(22)19-15-6-13-27(23,24)14-15/h2-5,15H,6-14H2,1H3,(H,19,22). The second-order valence-electron chi connectivity index (χ2n) is 6.90. The minimum Gasteiger partial charge on any atom is -0.497 e. The van der Waals surface area contributed by atoms with Crippen molar-refractivity contribution in [2.45, 2.75) is 12.5 Å². The van der Waals surface area contributed by atoms with Crippen LogP contribution in [0.15, 0.2) is 24.3 Å². The van der Waals surface area contributed by atoms with Gasteiger partial charge in [0.25, 0.3) is 0 Å². The molecule has 1 atom stereocenters. The van der Waals surface area contributed by atoms with Crippen LogP contribution < -0.4 is 14.8 Å². The van der Waals surface area contributed by atoms with Crippen molar-refractivity contribution in [1.29, 1.82) is 0 Å².